The first-order valence-electron chi connectivity index (χ1n) is 6.60. The van der Waals surface area contributed by atoms with Crippen LogP contribution in [0.3, 0.4) is 0 Å². The van der Waals surface area contributed by atoms with Crippen molar-refractivity contribution < 1.29 is 9.53 Å². The fourth-order valence-electron chi connectivity index (χ4n) is 2.88. The molecule has 1 N–H and O–H groups in total. The highest BCUT2D eigenvalue weighted by Gasteiger charge is 2.47. The Morgan fingerprint density at radius 1 is 1.42 bits per heavy atom. The number of hydrogen-bond acceptors (Lipinski definition) is 3. The number of carbonyl (C=O) groups excluding carboxylic acids is 1. The van der Waals surface area contributed by atoms with Crippen molar-refractivity contribution in [3.8, 4) is 0 Å². The van der Waals surface area contributed by atoms with Gasteiger partial charge >= 0.3 is 6.09 Å². The summed E-state index contributed by atoms with van der Waals surface area (Å²) in [5.74, 6) is 0. The molecule has 19 heavy (non-hydrogen) atoms. The summed E-state index contributed by atoms with van der Waals surface area (Å²) in [7, 11) is 0. The van der Waals surface area contributed by atoms with Crippen molar-refractivity contribution in [2.75, 3.05) is 19.7 Å². The molecule has 0 saturated carbocycles. The van der Waals surface area contributed by atoms with Crippen molar-refractivity contribution in [2.24, 2.45) is 0 Å². The number of rotatable bonds is 2. The molecule has 102 valence electrons. The molecule has 0 aliphatic carbocycles. The minimum Gasteiger partial charge on any atom is -0.447 e. The summed E-state index contributed by atoms with van der Waals surface area (Å²) in [5.41, 5.74) is 0.766. The summed E-state index contributed by atoms with van der Waals surface area (Å²) in [6.07, 6.45) is 1.81. The molecule has 2 aliphatic rings. The molecule has 0 radical (unpaired) electrons. The summed E-state index contributed by atoms with van der Waals surface area (Å²) >= 11 is 6.18. The number of amides is 1. The van der Waals surface area contributed by atoms with Crippen molar-refractivity contribution in [1.29, 1.82) is 0 Å². The molecule has 2 heterocycles. The zero-order chi connectivity index (χ0) is 13.3. The number of ether oxygens (including phenoxy) is 1. The lowest BCUT2D eigenvalue weighted by molar-refractivity contribution is 0.124. The molecule has 1 spiro atoms. The zero-order valence-electron chi connectivity index (χ0n) is 10.7. The third-order valence-electron chi connectivity index (χ3n) is 3.99. The molecular weight excluding hydrogens is 264 g/mol. The van der Waals surface area contributed by atoms with E-state index in [0.29, 0.717) is 18.2 Å². The number of carbonyl (C=O) groups is 1. The minimum atomic E-state index is -0.233. The van der Waals surface area contributed by atoms with Gasteiger partial charge in [0.05, 0.1) is 12.1 Å². The van der Waals surface area contributed by atoms with Gasteiger partial charge in [0.25, 0.3) is 0 Å². The molecule has 2 saturated heterocycles. The van der Waals surface area contributed by atoms with Crippen molar-refractivity contribution >= 4 is 17.7 Å². The van der Waals surface area contributed by atoms with Crippen LogP contribution in [-0.2, 0) is 11.3 Å². The number of piperidine rings is 1. The Bertz CT molecular complexity index is 486. The van der Waals surface area contributed by atoms with Crippen LogP contribution in [0.2, 0.25) is 5.02 Å². The number of nitrogens with one attached hydrogen (secondary N) is 1. The second-order valence-corrected chi connectivity index (χ2v) is 5.64. The molecule has 1 amide bonds. The smallest absolute Gasteiger partial charge is 0.410 e. The van der Waals surface area contributed by atoms with Crippen LogP contribution in [0.1, 0.15) is 18.4 Å². The molecule has 3 rings (SSSR count). The van der Waals surface area contributed by atoms with E-state index in [0.717, 1.165) is 31.5 Å². The summed E-state index contributed by atoms with van der Waals surface area (Å²) < 4.78 is 5.27. The van der Waals surface area contributed by atoms with Crippen LogP contribution in [0, 0.1) is 0 Å². The van der Waals surface area contributed by atoms with Gasteiger partial charge in [-0.15, -0.1) is 0 Å². The molecule has 1 aromatic carbocycles. The maximum absolute atomic E-state index is 12.0. The Labute approximate surface area is 117 Å². The van der Waals surface area contributed by atoms with Gasteiger partial charge in [0.15, 0.2) is 0 Å². The van der Waals surface area contributed by atoms with Crippen LogP contribution in [0.15, 0.2) is 24.3 Å². The van der Waals surface area contributed by atoms with E-state index in [1.54, 1.807) is 0 Å². The lowest BCUT2D eigenvalue weighted by Gasteiger charge is -2.39. The van der Waals surface area contributed by atoms with E-state index >= 15 is 0 Å². The van der Waals surface area contributed by atoms with Crippen LogP contribution in [0.4, 0.5) is 4.79 Å². The Kier molecular flexibility index (Phi) is 3.37. The average molecular weight is 281 g/mol. The molecular formula is C14H17ClN2O2. The first-order chi connectivity index (χ1) is 9.21. The summed E-state index contributed by atoms with van der Waals surface area (Å²) in [6, 6.07) is 7.64. The number of hydrogen-bond donors (Lipinski definition) is 1. The zero-order valence-corrected chi connectivity index (χ0v) is 11.4. The normalized spacial score (nSPS) is 26.8. The predicted octanol–water partition coefficient (Wildman–Crippen LogP) is 2.41. The molecule has 2 fully saturated rings. The van der Waals surface area contributed by atoms with Gasteiger partial charge in [0, 0.05) is 11.6 Å². The van der Waals surface area contributed by atoms with E-state index in [2.05, 4.69) is 5.32 Å². The van der Waals surface area contributed by atoms with Crippen molar-refractivity contribution in [1.82, 2.24) is 10.2 Å². The molecule has 0 aromatic heterocycles. The number of benzene rings is 1. The number of cyclic esters (lactones) is 1. The fraction of sp³-hybridized carbons (Fsp3) is 0.500. The molecule has 0 bridgehead atoms. The van der Waals surface area contributed by atoms with Gasteiger partial charge < -0.3 is 10.1 Å². The standard InChI is InChI=1S/C14H17ClN2O2/c15-12-5-2-1-4-11(12)8-17-13(18)19-10-14(17)6-3-7-16-9-14/h1-2,4-5,16H,3,6-10H2. The maximum atomic E-state index is 12.0. The molecule has 4 nitrogen and oxygen atoms in total. The lowest BCUT2D eigenvalue weighted by atomic mass is 9.89. The molecule has 1 unspecified atom stereocenters. The van der Waals surface area contributed by atoms with Gasteiger partial charge in [-0.1, -0.05) is 29.8 Å². The third kappa shape index (κ3) is 2.30. The number of halogens is 1. The first-order valence-corrected chi connectivity index (χ1v) is 6.98. The monoisotopic (exact) mass is 280 g/mol. The quantitative estimate of drug-likeness (QED) is 0.905. The highest BCUT2D eigenvalue weighted by molar-refractivity contribution is 6.31. The second-order valence-electron chi connectivity index (χ2n) is 5.24. The average Bonchev–Trinajstić information content (AvgIpc) is 2.71. The van der Waals surface area contributed by atoms with E-state index in [1.165, 1.54) is 0 Å². The SMILES string of the molecule is O=C1OCC2(CCCNC2)N1Cc1ccccc1Cl. The number of nitrogens with zero attached hydrogens (tertiary/aromatic N) is 1. The Morgan fingerprint density at radius 3 is 3.00 bits per heavy atom. The van der Waals surface area contributed by atoms with Gasteiger partial charge in [0.2, 0.25) is 0 Å². The summed E-state index contributed by atoms with van der Waals surface area (Å²) in [5, 5.41) is 4.06. The van der Waals surface area contributed by atoms with Gasteiger partial charge in [-0.2, -0.15) is 0 Å². The molecule has 1 atom stereocenters. The fourth-order valence-corrected chi connectivity index (χ4v) is 3.08. The van der Waals surface area contributed by atoms with E-state index in [4.69, 9.17) is 16.3 Å². The van der Waals surface area contributed by atoms with Crippen LogP contribution in [0.5, 0.6) is 0 Å². The first kappa shape index (κ1) is 12.8. The predicted molar refractivity (Wildman–Crippen MR) is 73.2 cm³/mol. The van der Waals surface area contributed by atoms with Crippen LogP contribution >= 0.6 is 11.6 Å². The van der Waals surface area contributed by atoms with Gasteiger partial charge in [-0.05, 0) is 31.0 Å². The molecule has 5 heteroatoms. The van der Waals surface area contributed by atoms with Gasteiger partial charge in [-0.25, -0.2) is 4.79 Å². The highest BCUT2D eigenvalue weighted by Crippen LogP contribution is 2.33. The van der Waals surface area contributed by atoms with E-state index in [9.17, 15) is 4.79 Å². The summed E-state index contributed by atoms with van der Waals surface area (Å²) in [4.78, 5) is 13.8. The largest absolute Gasteiger partial charge is 0.447 e. The maximum Gasteiger partial charge on any atom is 0.410 e. The second kappa shape index (κ2) is 5.02. The van der Waals surface area contributed by atoms with Gasteiger partial charge in [0.1, 0.15) is 6.61 Å². The Balaban J connectivity index is 1.85. The van der Waals surface area contributed by atoms with Crippen molar-refractivity contribution in [2.45, 2.75) is 24.9 Å². The van der Waals surface area contributed by atoms with Crippen molar-refractivity contribution in [3.63, 3.8) is 0 Å². The molecule has 2 aliphatic heterocycles. The molecule has 1 aromatic rings. The topological polar surface area (TPSA) is 41.6 Å². The highest BCUT2D eigenvalue weighted by atomic mass is 35.5. The Hall–Kier alpha value is -1.26. The Morgan fingerprint density at radius 2 is 2.26 bits per heavy atom. The van der Waals surface area contributed by atoms with E-state index < -0.39 is 0 Å². The van der Waals surface area contributed by atoms with Crippen LogP contribution in [-0.4, -0.2) is 36.2 Å². The summed E-state index contributed by atoms with van der Waals surface area (Å²) in [6.45, 7) is 2.79. The van der Waals surface area contributed by atoms with E-state index in [-0.39, 0.29) is 11.6 Å². The lowest BCUT2D eigenvalue weighted by Crippen LogP contribution is -2.56. The van der Waals surface area contributed by atoms with E-state index in [1.807, 2.05) is 29.2 Å². The van der Waals surface area contributed by atoms with Crippen molar-refractivity contribution in [3.05, 3.63) is 34.9 Å². The van der Waals surface area contributed by atoms with Crippen LogP contribution < -0.4 is 5.32 Å². The van der Waals surface area contributed by atoms with Gasteiger partial charge in [-0.3, -0.25) is 4.90 Å². The third-order valence-corrected chi connectivity index (χ3v) is 4.36. The van der Waals surface area contributed by atoms with Crippen LogP contribution in [0.25, 0.3) is 0 Å². The minimum absolute atomic E-state index is 0.200.